The van der Waals surface area contributed by atoms with Gasteiger partial charge in [-0.1, -0.05) is 10.2 Å². The number of aromatic nitrogens is 2. The highest BCUT2D eigenvalue weighted by molar-refractivity contribution is 5.61. The molecular formula is C9H9FN4O2. The van der Waals surface area contributed by atoms with Crippen molar-refractivity contribution in [3.05, 3.63) is 24.0 Å². The quantitative estimate of drug-likeness (QED) is 0.822. The molecule has 2 aromatic rings. The Balaban J connectivity index is 2.27. The molecule has 0 aliphatic rings. The third-order valence-electron chi connectivity index (χ3n) is 1.85. The standard InChI is InChI=1S/C9H9FN4O2/c1-15-7-4-5(10)2-3-6(7)12-9-14-13-8(11)16-9/h2-4H,1H3,(H2,11,13)(H,12,14). The van der Waals surface area contributed by atoms with Gasteiger partial charge in [-0.15, -0.1) is 0 Å². The van der Waals surface area contributed by atoms with Crippen LogP contribution in [-0.4, -0.2) is 17.3 Å². The molecule has 0 spiro atoms. The molecule has 0 bridgehead atoms. The number of nitrogens with one attached hydrogen (secondary N) is 1. The van der Waals surface area contributed by atoms with Gasteiger partial charge in [0.15, 0.2) is 0 Å². The first kappa shape index (κ1) is 10.2. The average molecular weight is 224 g/mol. The van der Waals surface area contributed by atoms with Gasteiger partial charge >= 0.3 is 12.0 Å². The van der Waals surface area contributed by atoms with E-state index in [1.54, 1.807) is 0 Å². The summed E-state index contributed by atoms with van der Waals surface area (Å²) in [6, 6.07) is 4.08. The van der Waals surface area contributed by atoms with Crippen molar-refractivity contribution in [1.82, 2.24) is 10.2 Å². The van der Waals surface area contributed by atoms with Crippen LogP contribution in [0.15, 0.2) is 22.6 Å². The Morgan fingerprint density at radius 1 is 1.44 bits per heavy atom. The molecule has 3 N–H and O–H groups in total. The lowest BCUT2D eigenvalue weighted by Crippen LogP contribution is -1.95. The third-order valence-corrected chi connectivity index (χ3v) is 1.85. The second-order valence-corrected chi connectivity index (χ2v) is 2.92. The summed E-state index contributed by atoms with van der Waals surface area (Å²) in [7, 11) is 1.43. The van der Waals surface area contributed by atoms with E-state index < -0.39 is 5.82 Å². The molecule has 16 heavy (non-hydrogen) atoms. The number of nitrogens with zero attached hydrogens (tertiary/aromatic N) is 2. The topological polar surface area (TPSA) is 86.2 Å². The normalized spacial score (nSPS) is 10.1. The lowest BCUT2D eigenvalue weighted by Gasteiger charge is -2.07. The number of hydrogen-bond donors (Lipinski definition) is 2. The van der Waals surface area contributed by atoms with E-state index in [2.05, 4.69) is 15.5 Å². The molecule has 84 valence electrons. The lowest BCUT2D eigenvalue weighted by atomic mass is 10.3. The summed E-state index contributed by atoms with van der Waals surface area (Å²) in [6.45, 7) is 0. The summed E-state index contributed by atoms with van der Waals surface area (Å²) in [6.07, 6.45) is 0. The molecule has 1 aromatic carbocycles. The minimum absolute atomic E-state index is 0.0522. The van der Waals surface area contributed by atoms with Crippen LogP contribution in [0.1, 0.15) is 0 Å². The zero-order valence-corrected chi connectivity index (χ0v) is 8.40. The number of nitrogen functional groups attached to an aromatic ring is 1. The van der Waals surface area contributed by atoms with Gasteiger partial charge in [-0.25, -0.2) is 4.39 Å². The molecule has 0 unspecified atom stereocenters. The summed E-state index contributed by atoms with van der Waals surface area (Å²) < 4.78 is 22.8. The van der Waals surface area contributed by atoms with Crippen LogP contribution >= 0.6 is 0 Å². The number of hydrogen-bond acceptors (Lipinski definition) is 6. The Bertz CT molecular complexity index is 500. The highest BCUT2D eigenvalue weighted by Gasteiger charge is 2.08. The summed E-state index contributed by atoms with van der Waals surface area (Å²) in [5.74, 6) is -0.0655. The second kappa shape index (κ2) is 4.05. The molecule has 2 rings (SSSR count). The zero-order valence-electron chi connectivity index (χ0n) is 8.40. The molecule has 1 aromatic heterocycles. The number of nitrogens with two attached hydrogens (primary N) is 1. The Kier molecular flexibility index (Phi) is 2.59. The van der Waals surface area contributed by atoms with Crippen LogP contribution < -0.4 is 15.8 Å². The summed E-state index contributed by atoms with van der Waals surface area (Å²) in [5, 5.41) is 9.84. The van der Waals surface area contributed by atoms with Crippen molar-refractivity contribution in [2.45, 2.75) is 0 Å². The molecule has 0 aliphatic heterocycles. The van der Waals surface area contributed by atoms with Crippen molar-refractivity contribution < 1.29 is 13.5 Å². The van der Waals surface area contributed by atoms with Crippen molar-refractivity contribution in [2.75, 3.05) is 18.2 Å². The Morgan fingerprint density at radius 3 is 2.88 bits per heavy atom. The fourth-order valence-electron chi connectivity index (χ4n) is 1.17. The van der Waals surface area contributed by atoms with E-state index in [-0.39, 0.29) is 12.0 Å². The minimum atomic E-state index is -0.396. The highest BCUT2D eigenvalue weighted by atomic mass is 19.1. The molecule has 1 heterocycles. The maximum atomic E-state index is 12.9. The monoisotopic (exact) mass is 224 g/mol. The van der Waals surface area contributed by atoms with Gasteiger partial charge < -0.3 is 20.2 Å². The largest absolute Gasteiger partial charge is 0.494 e. The van der Waals surface area contributed by atoms with E-state index in [0.29, 0.717) is 11.4 Å². The molecule has 0 fully saturated rings. The highest BCUT2D eigenvalue weighted by Crippen LogP contribution is 2.27. The van der Waals surface area contributed by atoms with Gasteiger partial charge in [-0.05, 0) is 12.1 Å². The zero-order chi connectivity index (χ0) is 11.5. The van der Waals surface area contributed by atoms with Crippen molar-refractivity contribution in [2.24, 2.45) is 0 Å². The van der Waals surface area contributed by atoms with Crippen molar-refractivity contribution in [3.8, 4) is 5.75 Å². The van der Waals surface area contributed by atoms with Gasteiger partial charge in [0.25, 0.3) is 0 Å². The van der Waals surface area contributed by atoms with E-state index in [9.17, 15) is 4.39 Å². The van der Waals surface area contributed by atoms with E-state index in [1.807, 2.05) is 0 Å². The summed E-state index contributed by atoms with van der Waals surface area (Å²) in [5.41, 5.74) is 5.76. The van der Waals surface area contributed by atoms with Gasteiger partial charge in [0, 0.05) is 6.07 Å². The third kappa shape index (κ3) is 2.02. The molecular weight excluding hydrogens is 215 g/mol. The van der Waals surface area contributed by atoms with Gasteiger partial charge in [-0.3, -0.25) is 0 Å². The number of anilines is 3. The first-order valence-electron chi connectivity index (χ1n) is 4.38. The minimum Gasteiger partial charge on any atom is -0.494 e. The van der Waals surface area contributed by atoms with Crippen LogP contribution in [0.4, 0.5) is 22.1 Å². The van der Waals surface area contributed by atoms with Crippen LogP contribution in [0.3, 0.4) is 0 Å². The smallest absolute Gasteiger partial charge is 0.321 e. The second-order valence-electron chi connectivity index (χ2n) is 2.92. The number of methoxy groups -OCH3 is 1. The van der Waals surface area contributed by atoms with Crippen molar-refractivity contribution in [1.29, 1.82) is 0 Å². The van der Waals surface area contributed by atoms with E-state index in [4.69, 9.17) is 14.9 Å². The predicted octanol–water partition coefficient (Wildman–Crippen LogP) is 1.54. The van der Waals surface area contributed by atoms with Crippen LogP contribution in [0.25, 0.3) is 0 Å². The summed E-state index contributed by atoms with van der Waals surface area (Å²) >= 11 is 0. The molecule has 6 nitrogen and oxygen atoms in total. The van der Waals surface area contributed by atoms with Gasteiger partial charge in [0.05, 0.1) is 12.8 Å². The summed E-state index contributed by atoms with van der Waals surface area (Å²) in [4.78, 5) is 0. The molecule has 0 saturated heterocycles. The maximum Gasteiger partial charge on any atom is 0.321 e. The predicted molar refractivity (Wildman–Crippen MR) is 54.9 cm³/mol. The fourth-order valence-corrected chi connectivity index (χ4v) is 1.17. The van der Waals surface area contributed by atoms with E-state index in [1.165, 1.54) is 25.3 Å². The number of rotatable bonds is 3. The van der Waals surface area contributed by atoms with Gasteiger partial charge in [0.1, 0.15) is 11.6 Å². The van der Waals surface area contributed by atoms with Crippen LogP contribution in [-0.2, 0) is 0 Å². The molecule has 0 saturated carbocycles. The van der Waals surface area contributed by atoms with Crippen LogP contribution in [0, 0.1) is 5.82 Å². The molecule has 0 atom stereocenters. The number of ether oxygens (including phenoxy) is 1. The molecule has 0 aliphatic carbocycles. The molecule has 7 heteroatoms. The van der Waals surface area contributed by atoms with Crippen LogP contribution in [0.5, 0.6) is 5.75 Å². The fraction of sp³-hybridized carbons (Fsp3) is 0.111. The maximum absolute atomic E-state index is 12.9. The van der Waals surface area contributed by atoms with Crippen molar-refractivity contribution in [3.63, 3.8) is 0 Å². The van der Waals surface area contributed by atoms with Crippen LogP contribution in [0.2, 0.25) is 0 Å². The van der Waals surface area contributed by atoms with Gasteiger partial charge in [-0.2, -0.15) is 0 Å². The number of benzene rings is 1. The first-order valence-corrected chi connectivity index (χ1v) is 4.38. The Morgan fingerprint density at radius 2 is 2.25 bits per heavy atom. The van der Waals surface area contributed by atoms with Gasteiger partial charge in [0.2, 0.25) is 0 Å². The lowest BCUT2D eigenvalue weighted by molar-refractivity contribution is 0.413. The SMILES string of the molecule is COc1cc(F)ccc1Nc1nnc(N)o1. The van der Waals surface area contributed by atoms with E-state index in [0.717, 1.165) is 0 Å². The molecule has 0 amide bonds. The number of halogens is 1. The average Bonchev–Trinajstić information content (AvgIpc) is 2.67. The Labute approximate surface area is 90.2 Å². The van der Waals surface area contributed by atoms with E-state index >= 15 is 0 Å². The Hall–Kier alpha value is -2.31. The van der Waals surface area contributed by atoms with Crippen molar-refractivity contribution >= 4 is 17.7 Å². The first-order chi connectivity index (χ1) is 7.69. The molecule has 0 radical (unpaired) electrons.